The van der Waals surface area contributed by atoms with Gasteiger partial charge in [0.2, 0.25) is 17.7 Å². The first-order valence-corrected chi connectivity index (χ1v) is 10.8. The van der Waals surface area contributed by atoms with E-state index in [1.165, 1.54) is 0 Å². The summed E-state index contributed by atoms with van der Waals surface area (Å²) in [6.07, 6.45) is -1.02. The number of hydrogen-bond donors (Lipinski definition) is 8. The van der Waals surface area contributed by atoms with Gasteiger partial charge in [0, 0.05) is 6.42 Å². The molecule has 13 nitrogen and oxygen atoms in total. The Labute approximate surface area is 192 Å². The van der Waals surface area contributed by atoms with Crippen LogP contribution in [0, 0.1) is 5.92 Å². The zero-order valence-corrected chi connectivity index (χ0v) is 19.2. The summed E-state index contributed by atoms with van der Waals surface area (Å²) >= 11 is 0. The van der Waals surface area contributed by atoms with E-state index < -0.39 is 66.4 Å². The molecule has 13 heteroatoms. The van der Waals surface area contributed by atoms with Gasteiger partial charge in [-0.25, -0.2) is 4.79 Å². The van der Waals surface area contributed by atoms with Gasteiger partial charge in [-0.2, -0.15) is 0 Å². The topological polar surface area (TPSA) is 234 Å². The molecule has 0 fully saturated rings. The van der Waals surface area contributed by atoms with Gasteiger partial charge >= 0.3 is 11.9 Å². The molecule has 0 bridgehead atoms. The summed E-state index contributed by atoms with van der Waals surface area (Å²) < 4.78 is 0. The third kappa shape index (κ3) is 11.6. The number of nitrogens with one attached hydrogen (secondary N) is 3. The second-order valence-electron chi connectivity index (χ2n) is 8.17. The Bertz CT molecular complexity index is 685. The van der Waals surface area contributed by atoms with Crippen molar-refractivity contribution in [3.05, 3.63) is 0 Å². The van der Waals surface area contributed by atoms with Gasteiger partial charge in [0.1, 0.15) is 12.1 Å². The first-order chi connectivity index (χ1) is 15.3. The number of hydrogen-bond acceptors (Lipinski definition) is 8. The minimum atomic E-state index is -1.66. The smallest absolute Gasteiger partial charge is 0.328 e. The van der Waals surface area contributed by atoms with Gasteiger partial charge in [0.05, 0.1) is 12.1 Å². The number of carbonyl (C=O) groups excluding carboxylic acids is 3. The van der Waals surface area contributed by atoms with E-state index in [4.69, 9.17) is 21.7 Å². The lowest BCUT2D eigenvalue weighted by Gasteiger charge is -2.26. The third-order valence-corrected chi connectivity index (χ3v) is 4.93. The van der Waals surface area contributed by atoms with Gasteiger partial charge in [-0.05, 0) is 45.1 Å². The zero-order valence-electron chi connectivity index (χ0n) is 19.2. The predicted octanol–water partition coefficient (Wildman–Crippen LogP) is -2.12. The van der Waals surface area contributed by atoms with Crippen LogP contribution in [0.4, 0.5) is 0 Å². The highest BCUT2D eigenvalue weighted by Crippen LogP contribution is 2.07. The summed E-state index contributed by atoms with van der Waals surface area (Å²) in [6.45, 7) is 5.00. The van der Waals surface area contributed by atoms with Crippen LogP contribution in [-0.4, -0.2) is 81.8 Å². The van der Waals surface area contributed by atoms with Crippen molar-refractivity contribution >= 4 is 29.7 Å². The lowest BCUT2D eigenvalue weighted by atomic mass is 10.0. The summed E-state index contributed by atoms with van der Waals surface area (Å²) in [4.78, 5) is 60.1. The van der Waals surface area contributed by atoms with Crippen LogP contribution >= 0.6 is 0 Å². The Morgan fingerprint density at radius 2 is 1.33 bits per heavy atom. The van der Waals surface area contributed by atoms with E-state index >= 15 is 0 Å². The van der Waals surface area contributed by atoms with Crippen molar-refractivity contribution < 1.29 is 39.3 Å². The molecule has 190 valence electrons. The Hall–Kier alpha value is -2.77. The molecule has 10 N–H and O–H groups in total. The molecule has 0 rings (SSSR count). The highest BCUT2D eigenvalue weighted by molar-refractivity contribution is 5.94. The van der Waals surface area contributed by atoms with E-state index in [-0.39, 0.29) is 18.8 Å². The number of nitrogens with two attached hydrogens (primary N) is 2. The summed E-state index contributed by atoms with van der Waals surface area (Å²) in [5, 5.41) is 34.7. The normalized spacial score (nSPS) is 15.6. The second-order valence-corrected chi connectivity index (χ2v) is 8.17. The molecule has 0 spiro atoms. The van der Waals surface area contributed by atoms with Crippen molar-refractivity contribution in [3.63, 3.8) is 0 Å². The fraction of sp³-hybridized carbons (Fsp3) is 0.750. The molecule has 0 aromatic rings. The average molecular weight is 476 g/mol. The van der Waals surface area contributed by atoms with Gasteiger partial charge in [-0.3, -0.25) is 19.2 Å². The maximum Gasteiger partial charge on any atom is 0.328 e. The van der Waals surface area contributed by atoms with Crippen molar-refractivity contribution in [3.8, 4) is 0 Å². The Balaban J connectivity index is 5.57. The van der Waals surface area contributed by atoms with Crippen LogP contribution in [0.2, 0.25) is 0 Å². The molecule has 33 heavy (non-hydrogen) atoms. The van der Waals surface area contributed by atoms with Crippen molar-refractivity contribution in [2.75, 3.05) is 6.54 Å². The van der Waals surface area contributed by atoms with E-state index in [9.17, 15) is 29.1 Å². The van der Waals surface area contributed by atoms with Crippen molar-refractivity contribution in [1.29, 1.82) is 0 Å². The van der Waals surface area contributed by atoms with Crippen LogP contribution in [0.3, 0.4) is 0 Å². The van der Waals surface area contributed by atoms with Gasteiger partial charge < -0.3 is 42.7 Å². The summed E-state index contributed by atoms with van der Waals surface area (Å²) in [5.74, 6) is -5.24. The molecule has 0 saturated carbocycles. The molecular weight excluding hydrogens is 438 g/mol. The molecular formula is C20H37N5O8. The van der Waals surface area contributed by atoms with Crippen molar-refractivity contribution in [2.45, 2.75) is 83.1 Å². The molecule has 3 amide bonds. The fourth-order valence-electron chi connectivity index (χ4n) is 2.78. The molecule has 0 radical (unpaired) electrons. The maximum atomic E-state index is 12.9. The molecule has 0 saturated heterocycles. The number of carboxylic acids is 2. The van der Waals surface area contributed by atoms with Gasteiger partial charge in [0.25, 0.3) is 0 Å². The van der Waals surface area contributed by atoms with Crippen LogP contribution in [-0.2, 0) is 24.0 Å². The predicted molar refractivity (Wildman–Crippen MR) is 118 cm³/mol. The standard InChI is InChI=1S/C20H37N5O8/c1-10(2)15(22)19(31)24-12(6-4-5-9-21)17(29)23-13(7-8-14(27)28)18(30)25-16(11(3)26)20(32)33/h10-13,15-16,26H,4-9,21-22H2,1-3H3,(H,23,29)(H,24,31)(H,25,30)(H,27,28)(H,32,33). The maximum absolute atomic E-state index is 12.9. The van der Waals surface area contributed by atoms with Crippen LogP contribution in [0.5, 0.6) is 0 Å². The van der Waals surface area contributed by atoms with E-state index in [1.54, 1.807) is 13.8 Å². The average Bonchev–Trinajstić information content (AvgIpc) is 2.72. The largest absolute Gasteiger partial charge is 0.481 e. The number of aliphatic carboxylic acids is 2. The highest BCUT2D eigenvalue weighted by Gasteiger charge is 2.32. The lowest BCUT2D eigenvalue weighted by molar-refractivity contribution is -0.145. The summed E-state index contributed by atoms with van der Waals surface area (Å²) in [6, 6.07) is -5.02. The molecule has 0 aliphatic heterocycles. The van der Waals surface area contributed by atoms with Crippen molar-refractivity contribution in [1.82, 2.24) is 16.0 Å². The minimum absolute atomic E-state index is 0.193. The Morgan fingerprint density at radius 3 is 1.79 bits per heavy atom. The number of carboxylic acid groups (broad SMARTS) is 2. The number of aliphatic hydroxyl groups is 1. The number of unbranched alkanes of at least 4 members (excludes halogenated alkanes) is 1. The van der Waals surface area contributed by atoms with Crippen LogP contribution in [0.15, 0.2) is 0 Å². The quantitative estimate of drug-likeness (QED) is 0.113. The monoisotopic (exact) mass is 475 g/mol. The Kier molecular flexibility index (Phi) is 13.9. The van der Waals surface area contributed by atoms with Gasteiger partial charge in [0.15, 0.2) is 6.04 Å². The number of rotatable bonds is 16. The number of aliphatic hydroxyl groups excluding tert-OH is 1. The van der Waals surface area contributed by atoms with Crippen LogP contribution in [0.1, 0.15) is 52.9 Å². The van der Waals surface area contributed by atoms with Crippen molar-refractivity contribution in [2.24, 2.45) is 17.4 Å². The van der Waals surface area contributed by atoms with E-state index in [2.05, 4.69) is 16.0 Å². The van der Waals surface area contributed by atoms with E-state index in [0.717, 1.165) is 6.92 Å². The van der Waals surface area contributed by atoms with E-state index in [0.29, 0.717) is 19.4 Å². The molecule has 0 aliphatic carbocycles. The molecule has 0 aromatic carbocycles. The van der Waals surface area contributed by atoms with Crippen LogP contribution < -0.4 is 27.4 Å². The minimum Gasteiger partial charge on any atom is -0.481 e. The molecule has 0 aromatic heterocycles. The summed E-state index contributed by atoms with van der Waals surface area (Å²) in [5.41, 5.74) is 11.3. The lowest BCUT2D eigenvalue weighted by Crippen LogP contribution is -2.58. The van der Waals surface area contributed by atoms with Gasteiger partial charge in [-0.15, -0.1) is 0 Å². The third-order valence-electron chi connectivity index (χ3n) is 4.93. The summed E-state index contributed by atoms with van der Waals surface area (Å²) in [7, 11) is 0. The molecule has 0 aliphatic rings. The molecule has 5 atom stereocenters. The van der Waals surface area contributed by atoms with Gasteiger partial charge in [-0.1, -0.05) is 13.8 Å². The number of amides is 3. The molecule has 5 unspecified atom stereocenters. The van der Waals surface area contributed by atoms with Crippen LogP contribution in [0.25, 0.3) is 0 Å². The highest BCUT2D eigenvalue weighted by atomic mass is 16.4. The number of carbonyl (C=O) groups is 5. The van der Waals surface area contributed by atoms with E-state index in [1.807, 2.05) is 0 Å². The zero-order chi connectivity index (χ0) is 25.7. The fourth-order valence-corrected chi connectivity index (χ4v) is 2.78. The first-order valence-electron chi connectivity index (χ1n) is 10.8. The SMILES string of the molecule is CC(C)C(N)C(=O)NC(CCCCN)C(=O)NC(CCC(=O)O)C(=O)NC(C(=O)O)C(C)O. The Morgan fingerprint density at radius 1 is 0.818 bits per heavy atom. The second kappa shape index (κ2) is 15.1. The first kappa shape index (κ1) is 30.2. The molecule has 0 heterocycles.